The third kappa shape index (κ3) is 6.79. The molecule has 0 aliphatic carbocycles. The van der Waals surface area contributed by atoms with Gasteiger partial charge in [-0.2, -0.15) is 0 Å². The van der Waals surface area contributed by atoms with E-state index in [1.807, 2.05) is 20.8 Å². The molecule has 1 amide bonds. The molecule has 0 rings (SSSR count). The summed E-state index contributed by atoms with van der Waals surface area (Å²) in [7, 11) is -3.40. The van der Waals surface area contributed by atoms with Crippen LogP contribution in [0, 0.1) is 0 Å². The predicted octanol–water partition coefficient (Wildman–Crippen LogP) is 0.0532. The Morgan fingerprint density at radius 1 is 1.44 bits per heavy atom. The summed E-state index contributed by atoms with van der Waals surface area (Å²) in [6.45, 7) is 7.23. The zero-order chi connectivity index (χ0) is 13.0. The molecule has 0 saturated carbocycles. The molecular weight excluding hydrogens is 228 g/mol. The summed E-state index contributed by atoms with van der Waals surface area (Å²) >= 11 is 0. The van der Waals surface area contributed by atoms with Gasteiger partial charge in [-0.25, -0.2) is 8.42 Å². The highest BCUT2D eigenvalue weighted by atomic mass is 32.2. The quantitative estimate of drug-likeness (QED) is 0.697. The normalized spacial score (nSPS) is 14.6. The van der Waals surface area contributed by atoms with Gasteiger partial charge >= 0.3 is 0 Å². The zero-order valence-electron chi connectivity index (χ0n) is 10.4. The number of hydrogen-bond donors (Lipinski definition) is 2. The van der Waals surface area contributed by atoms with E-state index in [1.165, 1.54) is 0 Å². The van der Waals surface area contributed by atoms with Crippen LogP contribution in [0.15, 0.2) is 0 Å². The molecule has 1 atom stereocenters. The van der Waals surface area contributed by atoms with Gasteiger partial charge in [0.15, 0.2) is 9.84 Å². The Balaban J connectivity index is 4.36. The summed E-state index contributed by atoms with van der Waals surface area (Å²) in [5, 5.41) is 2.68. The Morgan fingerprint density at radius 3 is 2.31 bits per heavy atom. The van der Waals surface area contributed by atoms with Crippen molar-refractivity contribution in [3.05, 3.63) is 0 Å². The Labute approximate surface area is 97.7 Å². The van der Waals surface area contributed by atoms with Crippen molar-refractivity contribution in [1.82, 2.24) is 5.32 Å². The number of rotatable bonds is 6. The first kappa shape index (κ1) is 15.4. The van der Waals surface area contributed by atoms with Crippen LogP contribution in [0.2, 0.25) is 0 Å². The third-order valence-corrected chi connectivity index (χ3v) is 3.97. The Kier molecular flexibility index (Phi) is 5.41. The Morgan fingerprint density at radius 2 is 1.94 bits per heavy atom. The maximum Gasteiger partial charge on any atom is 0.235 e. The van der Waals surface area contributed by atoms with E-state index in [9.17, 15) is 13.2 Å². The average Bonchev–Trinajstić information content (AvgIpc) is 1.98. The highest BCUT2D eigenvalue weighted by molar-refractivity contribution is 7.92. The summed E-state index contributed by atoms with van der Waals surface area (Å²) < 4.78 is 23.0. The van der Waals surface area contributed by atoms with E-state index in [-0.39, 0.29) is 11.3 Å². The minimum Gasteiger partial charge on any atom is -0.350 e. The van der Waals surface area contributed by atoms with Gasteiger partial charge in [-0.1, -0.05) is 6.92 Å². The van der Waals surface area contributed by atoms with Gasteiger partial charge < -0.3 is 11.1 Å². The zero-order valence-corrected chi connectivity index (χ0v) is 11.2. The number of amides is 1. The standard InChI is InChI=1S/C10H22N2O3S/c1-5-10(3,4)12-9(13)7-16(14,15)6-8(2)11/h8H,5-7,11H2,1-4H3,(H,12,13). The second kappa shape index (κ2) is 5.63. The maximum absolute atomic E-state index is 11.5. The van der Waals surface area contributed by atoms with Crippen molar-refractivity contribution < 1.29 is 13.2 Å². The number of carbonyl (C=O) groups excluding carboxylic acids is 1. The summed E-state index contributed by atoms with van der Waals surface area (Å²) in [6.07, 6.45) is 0.742. The van der Waals surface area contributed by atoms with E-state index in [2.05, 4.69) is 5.32 Å². The smallest absolute Gasteiger partial charge is 0.235 e. The van der Waals surface area contributed by atoms with Crippen LogP contribution in [-0.4, -0.2) is 37.4 Å². The lowest BCUT2D eigenvalue weighted by Crippen LogP contribution is -2.46. The fourth-order valence-corrected chi connectivity index (χ4v) is 2.55. The SMILES string of the molecule is CCC(C)(C)NC(=O)CS(=O)(=O)CC(C)N. The van der Waals surface area contributed by atoms with Crippen molar-refractivity contribution >= 4 is 15.7 Å². The lowest BCUT2D eigenvalue weighted by atomic mass is 10.0. The first-order valence-corrected chi connectivity index (χ1v) is 7.17. The predicted molar refractivity (Wildman–Crippen MR) is 64.8 cm³/mol. The molecule has 0 spiro atoms. The van der Waals surface area contributed by atoms with Crippen LogP contribution in [-0.2, 0) is 14.6 Å². The van der Waals surface area contributed by atoms with Gasteiger partial charge in [0, 0.05) is 11.6 Å². The minimum atomic E-state index is -3.40. The average molecular weight is 250 g/mol. The number of sulfone groups is 1. The summed E-state index contributed by atoms with van der Waals surface area (Å²) in [5.74, 6) is -1.11. The number of carbonyl (C=O) groups is 1. The van der Waals surface area contributed by atoms with Gasteiger partial charge in [0.25, 0.3) is 0 Å². The molecule has 0 bridgehead atoms. The van der Waals surface area contributed by atoms with Crippen molar-refractivity contribution in [3.63, 3.8) is 0 Å². The fraction of sp³-hybridized carbons (Fsp3) is 0.900. The topological polar surface area (TPSA) is 89.3 Å². The molecular formula is C10H22N2O3S. The van der Waals surface area contributed by atoms with E-state index in [0.717, 1.165) is 6.42 Å². The van der Waals surface area contributed by atoms with Crippen molar-refractivity contribution in [2.45, 2.75) is 45.7 Å². The number of hydrogen-bond acceptors (Lipinski definition) is 4. The van der Waals surface area contributed by atoms with E-state index in [0.29, 0.717) is 0 Å². The molecule has 96 valence electrons. The van der Waals surface area contributed by atoms with Crippen LogP contribution in [0.25, 0.3) is 0 Å². The van der Waals surface area contributed by atoms with Crippen molar-refractivity contribution in [1.29, 1.82) is 0 Å². The van der Waals surface area contributed by atoms with E-state index >= 15 is 0 Å². The monoisotopic (exact) mass is 250 g/mol. The summed E-state index contributed by atoms with van der Waals surface area (Å²) in [4.78, 5) is 11.5. The van der Waals surface area contributed by atoms with Crippen LogP contribution in [0.3, 0.4) is 0 Å². The second-order valence-corrected chi connectivity index (χ2v) is 6.93. The molecule has 6 heteroatoms. The lowest BCUT2D eigenvalue weighted by Gasteiger charge is -2.24. The molecule has 16 heavy (non-hydrogen) atoms. The molecule has 5 nitrogen and oxygen atoms in total. The molecule has 0 aromatic carbocycles. The first-order chi connectivity index (χ1) is 7.08. The lowest BCUT2D eigenvalue weighted by molar-refractivity contribution is -0.120. The van der Waals surface area contributed by atoms with Crippen LogP contribution in [0.4, 0.5) is 0 Å². The van der Waals surface area contributed by atoms with Gasteiger partial charge in [0.1, 0.15) is 5.75 Å². The molecule has 0 aromatic heterocycles. The van der Waals surface area contributed by atoms with Crippen molar-refractivity contribution in [2.24, 2.45) is 5.73 Å². The molecule has 0 fully saturated rings. The highest BCUT2D eigenvalue weighted by Crippen LogP contribution is 2.06. The first-order valence-electron chi connectivity index (χ1n) is 5.35. The number of nitrogens with two attached hydrogens (primary N) is 1. The molecule has 0 heterocycles. The van der Waals surface area contributed by atoms with Crippen molar-refractivity contribution in [2.75, 3.05) is 11.5 Å². The minimum absolute atomic E-state index is 0.160. The van der Waals surface area contributed by atoms with Crippen LogP contribution < -0.4 is 11.1 Å². The molecule has 0 saturated heterocycles. The van der Waals surface area contributed by atoms with Crippen LogP contribution in [0.5, 0.6) is 0 Å². The largest absolute Gasteiger partial charge is 0.350 e. The maximum atomic E-state index is 11.5. The fourth-order valence-electron chi connectivity index (χ4n) is 1.16. The number of nitrogens with one attached hydrogen (secondary N) is 1. The van der Waals surface area contributed by atoms with Gasteiger partial charge in [0.2, 0.25) is 5.91 Å². The molecule has 0 aliphatic heterocycles. The molecule has 0 aromatic rings. The van der Waals surface area contributed by atoms with Gasteiger partial charge in [-0.05, 0) is 27.2 Å². The second-order valence-electron chi connectivity index (χ2n) is 4.82. The van der Waals surface area contributed by atoms with E-state index in [1.54, 1.807) is 6.92 Å². The Hall–Kier alpha value is -0.620. The van der Waals surface area contributed by atoms with Crippen LogP contribution in [0.1, 0.15) is 34.1 Å². The van der Waals surface area contributed by atoms with E-state index < -0.39 is 27.5 Å². The molecule has 1 unspecified atom stereocenters. The van der Waals surface area contributed by atoms with Crippen molar-refractivity contribution in [3.8, 4) is 0 Å². The Bertz CT molecular complexity index is 334. The summed E-state index contributed by atoms with van der Waals surface area (Å²) in [6, 6.07) is -0.447. The third-order valence-electron chi connectivity index (χ3n) is 2.23. The van der Waals surface area contributed by atoms with Gasteiger partial charge in [-0.3, -0.25) is 4.79 Å². The highest BCUT2D eigenvalue weighted by Gasteiger charge is 2.23. The van der Waals surface area contributed by atoms with Crippen LogP contribution >= 0.6 is 0 Å². The molecule has 0 aliphatic rings. The molecule has 3 N–H and O–H groups in total. The van der Waals surface area contributed by atoms with E-state index in [4.69, 9.17) is 5.73 Å². The molecule has 0 radical (unpaired) electrons. The summed E-state index contributed by atoms with van der Waals surface area (Å²) in [5.41, 5.74) is 5.02. The van der Waals surface area contributed by atoms with Gasteiger partial charge in [-0.15, -0.1) is 0 Å². The van der Waals surface area contributed by atoms with Gasteiger partial charge in [0.05, 0.1) is 5.75 Å².